The Labute approximate surface area is 207 Å². The minimum absolute atomic E-state index is 0.0986. The Kier molecular flexibility index (Phi) is 8.77. The highest BCUT2D eigenvalue weighted by molar-refractivity contribution is 5.52. The van der Waals surface area contributed by atoms with Gasteiger partial charge in [0.05, 0.1) is 30.5 Å². The van der Waals surface area contributed by atoms with Crippen molar-refractivity contribution >= 4 is 5.69 Å². The molecule has 5 nitrogen and oxygen atoms in total. The van der Waals surface area contributed by atoms with Crippen molar-refractivity contribution in [2.75, 3.05) is 31.2 Å². The van der Waals surface area contributed by atoms with Gasteiger partial charge in [-0.1, -0.05) is 26.7 Å². The Morgan fingerprint density at radius 2 is 1.63 bits per heavy atom. The van der Waals surface area contributed by atoms with Crippen molar-refractivity contribution in [2.24, 2.45) is 5.41 Å². The van der Waals surface area contributed by atoms with E-state index in [0.717, 1.165) is 38.4 Å². The molecule has 196 valence electrons. The lowest BCUT2D eigenvalue weighted by molar-refractivity contribution is -0.141. The summed E-state index contributed by atoms with van der Waals surface area (Å²) < 4.78 is 58.1. The number of piperidine rings is 1. The highest BCUT2D eigenvalue weighted by Crippen LogP contribution is 2.34. The minimum atomic E-state index is -4.54. The Bertz CT molecular complexity index is 895. The molecular weight excluding hydrogens is 457 g/mol. The van der Waals surface area contributed by atoms with Crippen molar-refractivity contribution in [1.29, 1.82) is 0 Å². The third-order valence-electron chi connectivity index (χ3n) is 5.89. The maximum Gasteiger partial charge on any atom is 0.433 e. The molecule has 2 heterocycles. The molecule has 0 amide bonds. The summed E-state index contributed by atoms with van der Waals surface area (Å²) in [7, 11) is 0. The van der Waals surface area contributed by atoms with Crippen LogP contribution in [0.1, 0.15) is 78.6 Å². The van der Waals surface area contributed by atoms with E-state index in [-0.39, 0.29) is 41.6 Å². The highest BCUT2D eigenvalue weighted by atomic mass is 19.4. The third kappa shape index (κ3) is 9.29. The van der Waals surface area contributed by atoms with E-state index in [9.17, 15) is 13.2 Å². The molecule has 0 spiro atoms. The molecule has 1 aromatic rings. The molecule has 0 aromatic carbocycles. The van der Waals surface area contributed by atoms with Crippen LogP contribution < -0.4 is 4.90 Å². The number of hydrogen-bond donors (Lipinski definition) is 0. The van der Waals surface area contributed by atoms with Crippen LogP contribution in [0, 0.1) is 17.3 Å². The minimum Gasteiger partial charge on any atom is -0.377 e. The van der Waals surface area contributed by atoms with Gasteiger partial charge in [0.15, 0.2) is 0 Å². The van der Waals surface area contributed by atoms with Crippen LogP contribution in [-0.2, 0) is 20.4 Å². The molecule has 1 saturated heterocycles. The number of nitrogens with zero attached hydrogens (tertiary/aromatic N) is 2. The standard InChI is InChI=1S/C27H39F3N2O3/c1-25(2,3)18-33-22-16-23(17-22)35-21-9-11-32(12-10-21)20-14-19(8-7-13-34-26(4,5)6)31-24(15-20)27(28,29)30/h14-15,21-23H,9-13,16-18H2,1-6H3. The van der Waals surface area contributed by atoms with Gasteiger partial charge < -0.3 is 19.1 Å². The Morgan fingerprint density at radius 3 is 2.20 bits per heavy atom. The van der Waals surface area contributed by atoms with Crippen molar-refractivity contribution in [1.82, 2.24) is 4.98 Å². The molecule has 2 aliphatic rings. The first-order valence-electron chi connectivity index (χ1n) is 12.4. The first kappa shape index (κ1) is 27.8. The molecule has 1 saturated carbocycles. The lowest BCUT2D eigenvalue weighted by Crippen LogP contribution is -2.44. The molecule has 0 N–H and O–H groups in total. The Morgan fingerprint density at radius 1 is 0.971 bits per heavy atom. The second-order valence-electron chi connectivity index (χ2n) is 11.7. The van der Waals surface area contributed by atoms with E-state index in [1.54, 1.807) is 6.07 Å². The summed E-state index contributed by atoms with van der Waals surface area (Å²) in [5.41, 5.74) is -0.547. The number of pyridine rings is 1. The molecule has 1 aromatic heterocycles. The van der Waals surface area contributed by atoms with Gasteiger partial charge in [-0.25, -0.2) is 4.98 Å². The second kappa shape index (κ2) is 11.1. The molecule has 1 aliphatic carbocycles. The molecule has 2 fully saturated rings. The molecule has 0 atom stereocenters. The first-order valence-corrected chi connectivity index (χ1v) is 12.4. The number of rotatable bonds is 6. The number of alkyl halides is 3. The molecule has 0 unspecified atom stereocenters. The normalized spacial score (nSPS) is 21.9. The SMILES string of the molecule is CC(C)(C)COC1CC(OC2CCN(c3cc(C#CCOC(C)(C)C)nc(C(F)(F)F)c3)CC2)C1. The molecule has 3 rings (SSSR count). The maximum absolute atomic E-state index is 13.5. The quantitative estimate of drug-likeness (QED) is 0.463. The maximum atomic E-state index is 13.5. The van der Waals surface area contributed by atoms with Gasteiger partial charge in [0.2, 0.25) is 0 Å². The van der Waals surface area contributed by atoms with E-state index in [1.807, 2.05) is 25.7 Å². The van der Waals surface area contributed by atoms with E-state index in [4.69, 9.17) is 14.2 Å². The lowest BCUT2D eigenvalue weighted by Gasteiger charge is -2.41. The fourth-order valence-corrected chi connectivity index (χ4v) is 3.94. The van der Waals surface area contributed by atoms with E-state index in [2.05, 4.69) is 37.6 Å². The van der Waals surface area contributed by atoms with Crippen LogP contribution in [0.25, 0.3) is 0 Å². The van der Waals surface area contributed by atoms with Gasteiger partial charge in [0.1, 0.15) is 18.0 Å². The van der Waals surface area contributed by atoms with Crippen LogP contribution in [0.5, 0.6) is 0 Å². The van der Waals surface area contributed by atoms with Gasteiger partial charge in [-0.2, -0.15) is 13.2 Å². The monoisotopic (exact) mass is 496 g/mol. The number of hydrogen-bond acceptors (Lipinski definition) is 5. The van der Waals surface area contributed by atoms with Crippen molar-refractivity contribution in [2.45, 2.75) is 97.3 Å². The van der Waals surface area contributed by atoms with E-state index < -0.39 is 11.9 Å². The Hall–Kier alpha value is -1.82. The predicted molar refractivity (Wildman–Crippen MR) is 130 cm³/mol. The van der Waals surface area contributed by atoms with Gasteiger partial charge in [-0.05, 0) is 69.9 Å². The summed E-state index contributed by atoms with van der Waals surface area (Å²) in [6.07, 6.45) is -0.560. The number of ether oxygens (including phenoxy) is 3. The van der Waals surface area contributed by atoms with Gasteiger partial charge in [0, 0.05) is 18.8 Å². The first-order chi connectivity index (χ1) is 16.2. The van der Waals surface area contributed by atoms with Crippen LogP contribution in [0.3, 0.4) is 0 Å². The van der Waals surface area contributed by atoms with E-state index in [0.29, 0.717) is 18.8 Å². The van der Waals surface area contributed by atoms with Crippen molar-refractivity contribution in [3.8, 4) is 11.8 Å². The summed E-state index contributed by atoms with van der Waals surface area (Å²) in [5.74, 6) is 5.51. The third-order valence-corrected chi connectivity index (χ3v) is 5.89. The molecule has 35 heavy (non-hydrogen) atoms. The highest BCUT2D eigenvalue weighted by Gasteiger charge is 2.36. The second-order valence-corrected chi connectivity index (χ2v) is 11.7. The summed E-state index contributed by atoms with van der Waals surface area (Å²) in [4.78, 5) is 5.69. The topological polar surface area (TPSA) is 43.8 Å². The zero-order chi connectivity index (χ0) is 25.9. The molecular formula is C27H39F3N2O3. The van der Waals surface area contributed by atoms with Crippen molar-refractivity contribution in [3.05, 3.63) is 23.5 Å². The molecule has 1 aliphatic heterocycles. The summed E-state index contributed by atoms with van der Waals surface area (Å²) in [6, 6.07) is 2.74. The van der Waals surface area contributed by atoms with Crippen LogP contribution in [0.4, 0.5) is 18.9 Å². The summed E-state index contributed by atoms with van der Waals surface area (Å²) in [6.45, 7) is 14.3. The molecule has 0 radical (unpaired) electrons. The van der Waals surface area contributed by atoms with Crippen LogP contribution in [-0.4, -0.2) is 55.2 Å². The average Bonchev–Trinajstić information content (AvgIpc) is 2.71. The van der Waals surface area contributed by atoms with E-state index >= 15 is 0 Å². The van der Waals surface area contributed by atoms with Crippen molar-refractivity contribution in [3.63, 3.8) is 0 Å². The van der Waals surface area contributed by atoms with Crippen molar-refractivity contribution < 1.29 is 27.4 Å². The van der Waals surface area contributed by atoms with Gasteiger partial charge in [0.25, 0.3) is 0 Å². The number of aromatic nitrogens is 1. The van der Waals surface area contributed by atoms with Gasteiger partial charge in [-0.15, -0.1) is 0 Å². The van der Waals surface area contributed by atoms with Gasteiger partial charge in [-0.3, -0.25) is 0 Å². The summed E-state index contributed by atoms with van der Waals surface area (Å²) in [5, 5.41) is 0. The number of halogens is 3. The largest absolute Gasteiger partial charge is 0.433 e. The molecule has 0 bridgehead atoms. The summed E-state index contributed by atoms with van der Waals surface area (Å²) >= 11 is 0. The smallest absolute Gasteiger partial charge is 0.377 e. The fourth-order valence-electron chi connectivity index (χ4n) is 3.94. The average molecular weight is 497 g/mol. The van der Waals surface area contributed by atoms with Gasteiger partial charge >= 0.3 is 6.18 Å². The Balaban J connectivity index is 1.54. The van der Waals surface area contributed by atoms with E-state index in [1.165, 1.54) is 0 Å². The van der Waals surface area contributed by atoms with Crippen LogP contribution in [0.15, 0.2) is 12.1 Å². The number of anilines is 1. The predicted octanol–water partition coefficient (Wildman–Crippen LogP) is 5.85. The fraction of sp³-hybridized carbons (Fsp3) is 0.741. The lowest BCUT2D eigenvalue weighted by atomic mass is 9.90. The van der Waals surface area contributed by atoms with Crippen LogP contribution >= 0.6 is 0 Å². The molecule has 8 heteroatoms. The van der Waals surface area contributed by atoms with Crippen LogP contribution in [0.2, 0.25) is 0 Å². The zero-order valence-electron chi connectivity index (χ0n) is 21.8. The zero-order valence-corrected chi connectivity index (χ0v) is 21.8.